The Bertz CT molecular complexity index is 704. The molecule has 2 heterocycles. The van der Waals surface area contributed by atoms with Crippen molar-refractivity contribution in [2.24, 2.45) is 0 Å². The van der Waals surface area contributed by atoms with Crippen molar-refractivity contribution in [3.63, 3.8) is 0 Å². The number of rotatable bonds is 5. The molecule has 3 rings (SSSR count). The molecule has 1 atom stereocenters. The maximum absolute atomic E-state index is 10.2. The summed E-state index contributed by atoms with van der Waals surface area (Å²) in [6.45, 7) is 5.09. The Hall–Kier alpha value is -2.43. The van der Waals surface area contributed by atoms with Crippen LogP contribution in [0.4, 0.5) is 0 Å². The van der Waals surface area contributed by atoms with Gasteiger partial charge in [0.05, 0.1) is 18.2 Å². The SMILES string of the molecule is Cc1nnc2n1CCN(C[C@@H](O)COc1ccc(C#N)cc1)C2. The molecule has 120 valence electrons. The molecule has 0 unspecified atom stereocenters. The molecular weight excluding hydrogens is 294 g/mol. The van der Waals surface area contributed by atoms with Crippen molar-refractivity contribution >= 4 is 0 Å². The minimum absolute atomic E-state index is 0.216. The van der Waals surface area contributed by atoms with Crippen LogP contribution in [0.3, 0.4) is 0 Å². The monoisotopic (exact) mass is 313 g/mol. The average Bonchev–Trinajstić information content (AvgIpc) is 2.94. The standard InChI is InChI=1S/C16H19N5O2/c1-12-18-19-16-10-20(6-7-21(12)16)9-14(22)11-23-15-4-2-13(8-17)3-5-15/h2-5,14,22H,6-7,9-11H2,1H3/t14-/m1/s1. The van der Waals surface area contributed by atoms with E-state index in [0.717, 1.165) is 24.7 Å². The number of nitrogens with zero attached hydrogens (tertiary/aromatic N) is 5. The molecule has 0 bridgehead atoms. The van der Waals surface area contributed by atoms with Crippen LogP contribution in [-0.2, 0) is 13.1 Å². The predicted molar refractivity (Wildman–Crippen MR) is 82.7 cm³/mol. The molecule has 23 heavy (non-hydrogen) atoms. The number of aliphatic hydroxyl groups is 1. The number of nitriles is 1. The van der Waals surface area contributed by atoms with Gasteiger partial charge >= 0.3 is 0 Å². The second-order valence-electron chi connectivity index (χ2n) is 5.65. The fourth-order valence-corrected chi connectivity index (χ4v) is 2.68. The lowest BCUT2D eigenvalue weighted by atomic mass is 10.2. The molecule has 0 radical (unpaired) electrons. The van der Waals surface area contributed by atoms with Gasteiger partial charge in [-0.05, 0) is 31.2 Å². The summed E-state index contributed by atoms with van der Waals surface area (Å²) in [7, 11) is 0. The van der Waals surface area contributed by atoms with Gasteiger partial charge in [0.25, 0.3) is 0 Å². The van der Waals surface area contributed by atoms with E-state index in [9.17, 15) is 5.11 Å². The van der Waals surface area contributed by atoms with E-state index >= 15 is 0 Å². The maximum atomic E-state index is 10.2. The average molecular weight is 313 g/mol. The van der Waals surface area contributed by atoms with Crippen LogP contribution in [0.15, 0.2) is 24.3 Å². The van der Waals surface area contributed by atoms with Gasteiger partial charge in [0.2, 0.25) is 0 Å². The van der Waals surface area contributed by atoms with Gasteiger partial charge in [-0.2, -0.15) is 5.26 Å². The lowest BCUT2D eigenvalue weighted by Crippen LogP contribution is -2.40. The normalized spacial score (nSPS) is 15.7. The van der Waals surface area contributed by atoms with Crippen LogP contribution in [0.5, 0.6) is 5.75 Å². The molecule has 1 aliphatic rings. The fraction of sp³-hybridized carbons (Fsp3) is 0.438. The Morgan fingerprint density at radius 2 is 2.09 bits per heavy atom. The number of hydrogen-bond donors (Lipinski definition) is 1. The molecule has 1 aliphatic heterocycles. The largest absolute Gasteiger partial charge is 0.491 e. The molecule has 1 N–H and O–H groups in total. The molecule has 0 spiro atoms. The van der Waals surface area contributed by atoms with Crippen molar-refractivity contribution in [3.8, 4) is 11.8 Å². The highest BCUT2D eigenvalue weighted by atomic mass is 16.5. The van der Waals surface area contributed by atoms with Crippen molar-refractivity contribution in [1.29, 1.82) is 5.26 Å². The van der Waals surface area contributed by atoms with E-state index in [2.05, 4.69) is 25.7 Å². The van der Waals surface area contributed by atoms with Crippen LogP contribution in [0.2, 0.25) is 0 Å². The highest BCUT2D eigenvalue weighted by Crippen LogP contribution is 2.14. The predicted octanol–water partition coefficient (Wildman–Crippen LogP) is 0.714. The van der Waals surface area contributed by atoms with Crippen molar-refractivity contribution in [1.82, 2.24) is 19.7 Å². The van der Waals surface area contributed by atoms with Gasteiger partial charge in [-0.3, -0.25) is 4.90 Å². The van der Waals surface area contributed by atoms with E-state index in [-0.39, 0.29) is 6.61 Å². The van der Waals surface area contributed by atoms with Gasteiger partial charge in [0, 0.05) is 19.6 Å². The summed E-state index contributed by atoms with van der Waals surface area (Å²) in [6, 6.07) is 8.92. The Labute approximate surface area is 134 Å². The van der Waals surface area contributed by atoms with Gasteiger partial charge in [-0.15, -0.1) is 10.2 Å². The minimum Gasteiger partial charge on any atom is -0.491 e. The first kappa shape index (κ1) is 15.5. The number of fused-ring (bicyclic) bond motifs is 1. The van der Waals surface area contributed by atoms with Crippen LogP contribution < -0.4 is 4.74 Å². The van der Waals surface area contributed by atoms with Gasteiger partial charge in [0.1, 0.15) is 30.1 Å². The molecular formula is C16H19N5O2. The van der Waals surface area contributed by atoms with E-state index in [4.69, 9.17) is 10.00 Å². The van der Waals surface area contributed by atoms with Gasteiger partial charge in [0.15, 0.2) is 0 Å². The van der Waals surface area contributed by atoms with Crippen molar-refractivity contribution in [3.05, 3.63) is 41.5 Å². The number of β-amino-alcohol motifs (C(OH)–C–C–N with tert-alkyl or cyclic N) is 1. The number of aliphatic hydroxyl groups excluding tert-OH is 1. The third-order valence-electron chi connectivity index (χ3n) is 3.91. The van der Waals surface area contributed by atoms with E-state index in [1.165, 1.54) is 0 Å². The summed E-state index contributed by atoms with van der Waals surface area (Å²) in [4.78, 5) is 2.15. The summed E-state index contributed by atoms with van der Waals surface area (Å²) in [6.07, 6.45) is -0.582. The summed E-state index contributed by atoms with van der Waals surface area (Å²) in [5.41, 5.74) is 0.589. The number of aryl methyl sites for hydroxylation is 1. The van der Waals surface area contributed by atoms with Crippen LogP contribution in [0.1, 0.15) is 17.2 Å². The maximum Gasteiger partial charge on any atom is 0.147 e. The smallest absolute Gasteiger partial charge is 0.147 e. The van der Waals surface area contributed by atoms with Gasteiger partial charge < -0.3 is 14.4 Å². The highest BCUT2D eigenvalue weighted by molar-refractivity contribution is 5.34. The van der Waals surface area contributed by atoms with Gasteiger partial charge in [-0.1, -0.05) is 0 Å². The number of benzene rings is 1. The Balaban J connectivity index is 1.48. The lowest BCUT2D eigenvalue weighted by molar-refractivity contribution is 0.0582. The summed E-state index contributed by atoms with van der Waals surface area (Å²) < 4.78 is 7.67. The third kappa shape index (κ3) is 3.67. The quantitative estimate of drug-likeness (QED) is 0.875. The highest BCUT2D eigenvalue weighted by Gasteiger charge is 2.21. The molecule has 0 saturated carbocycles. The summed E-state index contributed by atoms with van der Waals surface area (Å²) in [5.74, 6) is 2.52. The van der Waals surface area contributed by atoms with Crippen molar-refractivity contribution in [2.75, 3.05) is 19.7 Å². The molecule has 1 aromatic heterocycles. The van der Waals surface area contributed by atoms with E-state index in [0.29, 0.717) is 24.4 Å². The Morgan fingerprint density at radius 1 is 1.30 bits per heavy atom. The zero-order chi connectivity index (χ0) is 16.2. The number of aromatic nitrogens is 3. The molecule has 0 aliphatic carbocycles. The van der Waals surface area contributed by atoms with Crippen LogP contribution in [-0.4, -0.2) is 50.6 Å². The number of hydrogen-bond acceptors (Lipinski definition) is 6. The Kier molecular flexibility index (Phi) is 4.55. The van der Waals surface area contributed by atoms with Crippen molar-refractivity contribution in [2.45, 2.75) is 26.1 Å². The first-order valence-corrected chi connectivity index (χ1v) is 7.58. The molecule has 1 aromatic carbocycles. The lowest BCUT2D eigenvalue weighted by Gasteiger charge is -2.29. The summed E-state index contributed by atoms with van der Waals surface area (Å²) >= 11 is 0. The zero-order valence-electron chi connectivity index (χ0n) is 13.0. The molecule has 0 saturated heterocycles. The molecule has 2 aromatic rings. The Morgan fingerprint density at radius 3 is 2.83 bits per heavy atom. The van der Waals surface area contributed by atoms with Gasteiger partial charge in [-0.25, -0.2) is 0 Å². The second kappa shape index (κ2) is 6.77. The number of ether oxygens (including phenoxy) is 1. The topological polar surface area (TPSA) is 87.2 Å². The molecule has 7 nitrogen and oxygen atoms in total. The van der Waals surface area contributed by atoms with Crippen molar-refractivity contribution < 1.29 is 9.84 Å². The molecule has 7 heteroatoms. The van der Waals surface area contributed by atoms with Crippen LogP contribution >= 0.6 is 0 Å². The summed E-state index contributed by atoms with van der Waals surface area (Å²) in [5, 5.41) is 27.1. The molecule has 0 amide bonds. The van der Waals surface area contributed by atoms with E-state index in [1.807, 2.05) is 6.92 Å². The van der Waals surface area contributed by atoms with Crippen LogP contribution in [0, 0.1) is 18.3 Å². The van der Waals surface area contributed by atoms with E-state index < -0.39 is 6.10 Å². The minimum atomic E-state index is -0.582. The first-order chi connectivity index (χ1) is 11.2. The zero-order valence-corrected chi connectivity index (χ0v) is 13.0. The fourth-order valence-electron chi connectivity index (χ4n) is 2.68. The molecule has 0 fully saturated rings. The van der Waals surface area contributed by atoms with Crippen LogP contribution in [0.25, 0.3) is 0 Å². The first-order valence-electron chi connectivity index (χ1n) is 7.58. The van der Waals surface area contributed by atoms with E-state index in [1.54, 1.807) is 24.3 Å². The third-order valence-corrected chi connectivity index (χ3v) is 3.91. The second-order valence-corrected chi connectivity index (χ2v) is 5.65.